The number of aryl methyl sites for hydroxylation is 1. The Balaban J connectivity index is 1.93. The van der Waals surface area contributed by atoms with E-state index < -0.39 is 0 Å². The van der Waals surface area contributed by atoms with Gasteiger partial charge in [0.25, 0.3) is 5.91 Å². The molecule has 5 heteroatoms. The monoisotopic (exact) mass is 276 g/mol. The largest absolute Gasteiger partial charge is 0.384 e. The molecule has 0 aromatic carbocycles. The smallest absolute Gasteiger partial charge is 0.251 e. The number of nitrogens with zero attached hydrogens (tertiary/aromatic N) is 2. The van der Waals surface area contributed by atoms with E-state index in [2.05, 4.69) is 22.2 Å². The molecule has 2 rings (SSSR count). The number of carbonyl (C=O) groups is 1. The molecule has 0 bridgehead atoms. The van der Waals surface area contributed by atoms with Crippen LogP contribution in [0.5, 0.6) is 0 Å². The summed E-state index contributed by atoms with van der Waals surface area (Å²) >= 11 is 0. The zero-order chi connectivity index (χ0) is 14.5. The lowest BCUT2D eigenvalue weighted by Gasteiger charge is -2.29. The highest BCUT2D eigenvalue weighted by Gasteiger charge is 2.18. The molecular weight excluding hydrogens is 252 g/mol. The summed E-state index contributed by atoms with van der Waals surface area (Å²) in [5, 5.41) is 3.02. The molecule has 1 unspecified atom stereocenters. The lowest BCUT2D eigenvalue weighted by molar-refractivity contribution is 0.0936. The average molecular weight is 276 g/mol. The number of aromatic nitrogens is 1. The first kappa shape index (κ1) is 14.8. The van der Waals surface area contributed by atoms with Crippen molar-refractivity contribution >= 4 is 11.7 Å². The number of likely N-dealkylation sites (tertiary alicyclic amines) is 1. The maximum atomic E-state index is 12.2. The molecular formula is C15H24N4O. The number of rotatable bonds is 4. The summed E-state index contributed by atoms with van der Waals surface area (Å²) in [6, 6.07) is 3.46. The summed E-state index contributed by atoms with van der Waals surface area (Å²) in [4.78, 5) is 18.7. The Morgan fingerprint density at radius 3 is 3.05 bits per heavy atom. The second-order valence-corrected chi connectivity index (χ2v) is 5.61. The summed E-state index contributed by atoms with van der Waals surface area (Å²) in [5.74, 6) is 0.899. The minimum absolute atomic E-state index is 0.0537. The van der Waals surface area contributed by atoms with Crippen molar-refractivity contribution in [3.8, 4) is 0 Å². The van der Waals surface area contributed by atoms with Gasteiger partial charge in [-0.2, -0.15) is 0 Å². The van der Waals surface area contributed by atoms with Crippen LogP contribution in [0.3, 0.4) is 0 Å². The summed E-state index contributed by atoms with van der Waals surface area (Å²) in [5.41, 5.74) is 7.20. The van der Waals surface area contributed by atoms with Crippen molar-refractivity contribution in [2.75, 3.05) is 32.4 Å². The van der Waals surface area contributed by atoms with E-state index >= 15 is 0 Å². The second kappa shape index (κ2) is 6.70. The lowest BCUT2D eigenvalue weighted by atomic mass is 9.98. The molecule has 3 N–H and O–H groups in total. The predicted octanol–water partition coefficient (Wildman–Crippen LogP) is 1.30. The van der Waals surface area contributed by atoms with Crippen LogP contribution in [0.25, 0.3) is 0 Å². The van der Waals surface area contributed by atoms with Crippen LogP contribution in [0.4, 0.5) is 5.82 Å². The van der Waals surface area contributed by atoms with Gasteiger partial charge in [0.1, 0.15) is 5.82 Å². The SMILES string of the molecule is CCc1cc(C(=O)NCC2CCCN(C)C2)cc(N)n1. The Kier molecular flexibility index (Phi) is 4.95. The van der Waals surface area contributed by atoms with E-state index in [1.54, 1.807) is 6.07 Å². The Bertz CT molecular complexity index is 475. The van der Waals surface area contributed by atoms with Gasteiger partial charge in [-0.1, -0.05) is 6.92 Å². The molecule has 1 amide bonds. The standard InChI is InChI=1S/C15H24N4O/c1-3-13-7-12(8-14(16)18-13)15(20)17-9-11-5-4-6-19(2)10-11/h7-8,11H,3-6,9-10H2,1-2H3,(H2,16,18)(H,17,20). The fraction of sp³-hybridized carbons (Fsp3) is 0.600. The zero-order valence-corrected chi connectivity index (χ0v) is 12.4. The lowest BCUT2D eigenvalue weighted by Crippen LogP contribution is -2.39. The Hall–Kier alpha value is -1.62. The van der Waals surface area contributed by atoms with Gasteiger partial charge in [-0.15, -0.1) is 0 Å². The van der Waals surface area contributed by atoms with Gasteiger partial charge in [0.2, 0.25) is 0 Å². The first-order chi connectivity index (χ1) is 9.58. The molecule has 0 spiro atoms. The molecule has 20 heavy (non-hydrogen) atoms. The predicted molar refractivity (Wildman–Crippen MR) is 80.6 cm³/mol. The average Bonchev–Trinajstić information content (AvgIpc) is 2.44. The normalized spacial score (nSPS) is 19.8. The number of nitrogens with one attached hydrogen (secondary N) is 1. The third kappa shape index (κ3) is 3.93. The van der Waals surface area contributed by atoms with E-state index in [4.69, 9.17) is 5.73 Å². The molecule has 2 heterocycles. The number of nitrogen functional groups attached to an aromatic ring is 1. The van der Waals surface area contributed by atoms with Crippen molar-refractivity contribution in [1.29, 1.82) is 0 Å². The summed E-state index contributed by atoms with van der Waals surface area (Å²) < 4.78 is 0. The number of carbonyl (C=O) groups excluding carboxylic acids is 1. The van der Waals surface area contributed by atoms with Crippen LogP contribution in [0.2, 0.25) is 0 Å². The minimum atomic E-state index is -0.0537. The molecule has 1 fully saturated rings. The molecule has 1 aliphatic rings. The number of nitrogens with two attached hydrogens (primary N) is 1. The molecule has 0 aliphatic carbocycles. The van der Waals surface area contributed by atoms with Gasteiger partial charge in [-0.25, -0.2) is 4.98 Å². The number of anilines is 1. The van der Waals surface area contributed by atoms with E-state index in [-0.39, 0.29) is 5.91 Å². The Labute approximate surface area is 120 Å². The van der Waals surface area contributed by atoms with E-state index in [9.17, 15) is 4.79 Å². The number of piperidine rings is 1. The van der Waals surface area contributed by atoms with E-state index in [0.29, 0.717) is 17.3 Å². The van der Waals surface area contributed by atoms with Gasteiger partial charge in [-0.3, -0.25) is 4.79 Å². The van der Waals surface area contributed by atoms with E-state index in [1.807, 2.05) is 13.0 Å². The third-order valence-corrected chi connectivity index (χ3v) is 3.80. The van der Waals surface area contributed by atoms with E-state index in [1.165, 1.54) is 12.8 Å². The topological polar surface area (TPSA) is 71.2 Å². The maximum absolute atomic E-state index is 12.2. The van der Waals surface area contributed by atoms with Gasteiger partial charge >= 0.3 is 0 Å². The first-order valence-electron chi connectivity index (χ1n) is 7.31. The molecule has 0 radical (unpaired) electrons. The second-order valence-electron chi connectivity index (χ2n) is 5.61. The third-order valence-electron chi connectivity index (χ3n) is 3.80. The van der Waals surface area contributed by atoms with Crippen LogP contribution < -0.4 is 11.1 Å². The minimum Gasteiger partial charge on any atom is -0.384 e. The van der Waals surface area contributed by atoms with Gasteiger partial charge in [0.15, 0.2) is 0 Å². The Morgan fingerprint density at radius 1 is 1.55 bits per heavy atom. The van der Waals surface area contributed by atoms with Gasteiger partial charge in [-0.05, 0) is 50.9 Å². The zero-order valence-electron chi connectivity index (χ0n) is 12.4. The molecule has 1 atom stereocenters. The van der Waals surface area contributed by atoms with Gasteiger partial charge in [0, 0.05) is 24.3 Å². The van der Waals surface area contributed by atoms with Crippen molar-refractivity contribution in [2.45, 2.75) is 26.2 Å². The van der Waals surface area contributed by atoms with Crippen molar-refractivity contribution in [1.82, 2.24) is 15.2 Å². The summed E-state index contributed by atoms with van der Waals surface area (Å²) in [6.45, 7) is 4.94. The maximum Gasteiger partial charge on any atom is 0.251 e. The number of pyridine rings is 1. The fourth-order valence-electron chi connectivity index (χ4n) is 2.70. The molecule has 1 aliphatic heterocycles. The highest BCUT2D eigenvalue weighted by atomic mass is 16.1. The summed E-state index contributed by atoms with van der Waals surface area (Å²) in [7, 11) is 2.13. The van der Waals surface area contributed by atoms with Gasteiger partial charge in [0.05, 0.1) is 0 Å². The molecule has 110 valence electrons. The Morgan fingerprint density at radius 2 is 2.35 bits per heavy atom. The molecule has 5 nitrogen and oxygen atoms in total. The highest BCUT2D eigenvalue weighted by Crippen LogP contribution is 2.14. The number of hydrogen-bond acceptors (Lipinski definition) is 4. The van der Waals surface area contributed by atoms with E-state index in [0.717, 1.165) is 31.7 Å². The molecule has 1 aromatic heterocycles. The van der Waals surface area contributed by atoms with Gasteiger partial charge < -0.3 is 16.0 Å². The van der Waals surface area contributed by atoms with Crippen LogP contribution >= 0.6 is 0 Å². The van der Waals surface area contributed by atoms with Crippen LogP contribution in [0.15, 0.2) is 12.1 Å². The first-order valence-corrected chi connectivity index (χ1v) is 7.31. The van der Waals surface area contributed by atoms with Crippen molar-refractivity contribution < 1.29 is 4.79 Å². The van der Waals surface area contributed by atoms with Crippen molar-refractivity contribution in [2.24, 2.45) is 5.92 Å². The van der Waals surface area contributed by atoms with Crippen LogP contribution in [0, 0.1) is 5.92 Å². The highest BCUT2D eigenvalue weighted by molar-refractivity contribution is 5.94. The quantitative estimate of drug-likeness (QED) is 0.869. The molecule has 1 aromatic rings. The van der Waals surface area contributed by atoms with Crippen LogP contribution in [-0.4, -0.2) is 42.5 Å². The molecule has 1 saturated heterocycles. The fourth-order valence-corrected chi connectivity index (χ4v) is 2.70. The van der Waals surface area contributed by atoms with Crippen LogP contribution in [0.1, 0.15) is 35.8 Å². The number of hydrogen-bond donors (Lipinski definition) is 2. The number of amides is 1. The van der Waals surface area contributed by atoms with Crippen molar-refractivity contribution in [3.05, 3.63) is 23.4 Å². The summed E-state index contributed by atoms with van der Waals surface area (Å²) in [6.07, 6.45) is 3.17. The van der Waals surface area contributed by atoms with Crippen LogP contribution in [-0.2, 0) is 6.42 Å². The molecule has 0 saturated carbocycles. The van der Waals surface area contributed by atoms with Crippen molar-refractivity contribution in [3.63, 3.8) is 0 Å².